The maximum atomic E-state index is 12.6. The number of carboxylic acid groups (broad SMARTS) is 2. The van der Waals surface area contributed by atoms with Crippen LogP contribution in [0.25, 0.3) is 22.3 Å². The zero-order valence-corrected chi connectivity index (χ0v) is 22.9. The number of ether oxygens (including phenoxy) is 1. The number of nitrogens with one attached hydrogen (secondary N) is 2. The van der Waals surface area contributed by atoms with Gasteiger partial charge in [0.25, 0.3) is 17.8 Å². The van der Waals surface area contributed by atoms with Gasteiger partial charge in [-0.25, -0.2) is 14.6 Å². The molecular weight excluding hydrogens is 532 g/mol. The predicted molar refractivity (Wildman–Crippen MR) is 152 cm³/mol. The molecule has 3 aromatic heterocycles. The number of hydrogen-bond acceptors (Lipinski definition) is 10. The van der Waals surface area contributed by atoms with Crippen LogP contribution >= 0.6 is 0 Å². The normalized spacial score (nSPS) is 12.8. The van der Waals surface area contributed by atoms with Crippen LogP contribution in [0.2, 0.25) is 0 Å². The molecule has 41 heavy (non-hydrogen) atoms. The van der Waals surface area contributed by atoms with Crippen molar-refractivity contribution in [3.8, 4) is 17.0 Å². The van der Waals surface area contributed by atoms with Gasteiger partial charge in [-0.2, -0.15) is 5.10 Å². The Bertz CT molecular complexity index is 1480. The first-order chi connectivity index (χ1) is 19.6. The number of nitrogen functional groups attached to an aromatic ring is 1. The van der Waals surface area contributed by atoms with Crippen LogP contribution in [0, 0.1) is 0 Å². The number of benzene rings is 1. The fourth-order valence-corrected chi connectivity index (χ4v) is 4.14. The second kappa shape index (κ2) is 14.3. The molecule has 1 fully saturated rings. The second-order valence-electron chi connectivity index (χ2n) is 8.87. The zero-order chi connectivity index (χ0) is 29.9. The van der Waals surface area contributed by atoms with Crippen molar-refractivity contribution in [2.45, 2.75) is 32.7 Å². The van der Waals surface area contributed by atoms with Crippen LogP contribution in [0.5, 0.6) is 5.75 Å². The number of carboxylic acids is 2. The lowest BCUT2D eigenvalue weighted by Gasteiger charge is -2.23. The van der Waals surface area contributed by atoms with Crippen LogP contribution in [0.4, 0.5) is 11.5 Å². The van der Waals surface area contributed by atoms with Crippen molar-refractivity contribution in [3.63, 3.8) is 0 Å². The van der Waals surface area contributed by atoms with E-state index in [4.69, 9.17) is 35.4 Å². The van der Waals surface area contributed by atoms with Gasteiger partial charge in [0, 0.05) is 37.4 Å². The number of rotatable bonds is 5. The Morgan fingerprint density at radius 3 is 2.29 bits per heavy atom. The van der Waals surface area contributed by atoms with Gasteiger partial charge in [-0.3, -0.25) is 19.4 Å². The first-order valence-corrected chi connectivity index (χ1v) is 12.6. The molecule has 216 valence electrons. The molecule has 4 heterocycles. The summed E-state index contributed by atoms with van der Waals surface area (Å²) in [5.41, 5.74) is 9.52. The van der Waals surface area contributed by atoms with E-state index in [9.17, 15) is 4.79 Å². The van der Waals surface area contributed by atoms with Gasteiger partial charge in [-0.1, -0.05) is 6.07 Å². The third kappa shape index (κ3) is 8.19. The Morgan fingerprint density at radius 2 is 1.68 bits per heavy atom. The molecule has 14 heteroatoms. The van der Waals surface area contributed by atoms with Gasteiger partial charge >= 0.3 is 0 Å². The number of aliphatic carboxylic acids is 2. The average Bonchev–Trinajstić information content (AvgIpc) is 3.35. The van der Waals surface area contributed by atoms with Crippen LogP contribution in [-0.2, 0) is 9.59 Å². The summed E-state index contributed by atoms with van der Waals surface area (Å²) in [5, 5.41) is 26.7. The Morgan fingerprint density at radius 1 is 1.05 bits per heavy atom. The third-order valence-corrected chi connectivity index (χ3v) is 5.84. The van der Waals surface area contributed by atoms with E-state index in [2.05, 4.69) is 25.6 Å². The van der Waals surface area contributed by atoms with Crippen LogP contribution in [0.15, 0.2) is 49.1 Å². The number of anilines is 2. The standard InChI is InChI=1S/C23H24N8O2.2C2H4O2/c1-33-18-12-15(2-3-17(18)29-23(32)14-4-8-25-9-5-14)20-19-21(24)27-13-28-22(19)31(30-20)16-6-10-26-11-7-16;2*1-2(3)4/h2-5,8-9,12-13,16,26H,6-7,10-11H2,1H3,(H,29,32)(H2,24,27,28);2*1H3,(H,3,4). The number of piperidine rings is 1. The minimum absolute atomic E-state index is 0.234. The zero-order valence-electron chi connectivity index (χ0n) is 22.9. The van der Waals surface area contributed by atoms with E-state index in [1.807, 2.05) is 16.8 Å². The molecule has 0 radical (unpaired) electrons. The fraction of sp³-hybridized carbons (Fsp3) is 0.296. The van der Waals surface area contributed by atoms with Crippen LogP contribution in [0.1, 0.15) is 43.1 Å². The molecule has 0 saturated carbocycles. The molecule has 0 bridgehead atoms. The highest BCUT2D eigenvalue weighted by atomic mass is 16.5. The van der Waals surface area contributed by atoms with E-state index in [0.29, 0.717) is 33.9 Å². The monoisotopic (exact) mass is 564 g/mol. The van der Waals surface area contributed by atoms with E-state index < -0.39 is 11.9 Å². The number of hydrogen-bond donors (Lipinski definition) is 5. The summed E-state index contributed by atoms with van der Waals surface area (Å²) >= 11 is 0. The molecular formula is C27H32N8O6. The van der Waals surface area contributed by atoms with Crippen molar-refractivity contribution in [3.05, 3.63) is 54.6 Å². The van der Waals surface area contributed by atoms with Gasteiger partial charge in [-0.15, -0.1) is 0 Å². The highest BCUT2D eigenvalue weighted by Crippen LogP contribution is 2.37. The molecule has 0 spiro atoms. The van der Waals surface area contributed by atoms with Crippen LogP contribution in [0.3, 0.4) is 0 Å². The van der Waals surface area contributed by atoms with E-state index in [0.717, 1.165) is 51.0 Å². The summed E-state index contributed by atoms with van der Waals surface area (Å²) in [6.45, 7) is 4.03. The molecule has 5 rings (SSSR count). The van der Waals surface area contributed by atoms with Crippen molar-refractivity contribution < 1.29 is 29.3 Å². The van der Waals surface area contributed by atoms with Gasteiger partial charge in [0.05, 0.1) is 24.2 Å². The van der Waals surface area contributed by atoms with Crippen molar-refractivity contribution in [2.75, 3.05) is 31.2 Å². The summed E-state index contributed by atoms with van der Waals surface area (Å²) in [7, 11) is 1.56. The number of carbonyl (C=O) groups excluding carboxylic acids is 1. The molecule has 0 unspecified atom stereocenters. The fourth-order valence-electron chi connectivity index (χ4n) is 4.14. The molecule has 14 nitrogen and oxygen atoms in total. The minimum atomic E-state index is -0.833. The van der Waals surface area contributed by atoms with Crippen molar-refractivity contribution >= 4 is 40.4 Å². The summed E-state index contributed by atoms with van der Waals surface area (Å²) in [6, 6.07) is 9.05. The molecule has 1 aliphatic heterocycles. The number of nitrogens with two attached hydrogens (primary N) is 1. The van der Waals surface area contributed by atoms with Crippen LogP contribution < -0.4 is 21.1 Å². The second-order valence-corrected chi connectivity index (χ2v) is 8.87. The molecule has 1 aliphatic rings. The predicted octanol–water partition coefficient (Wildman–Crippen LogP) is 2.84. The number of methoxy groups -OCH3 is 1. The van der Waals surface area contributed by atoms with Gasteiger partial charge in [0.15, 0.2) is 5.65 Å². The van der Waals surface area contributed by atoms with Crippen molar-refractivity contribution in [1.82, 2.24) is 30.0 Å². The molecule has 4 aromatic rings. The Hall–Kier alpha value is -5.11. The Kier molecular flexibility index (Phi) is 10.6. The molecule has 0 atom stereocenters. The molecule has 1 aromatic carbocycles. The summed E-state index contributed by atoms with van der Waals surface area (Å²) < 4.78 is 7.54. The smallest absolute Gasteiger partial charge is 0.300 e. The summed E-state index contributed by atoms with van der Waals surface area (Å²) in [5.74, 6) is -1.03. The van der Waals surface area contributed by atoms with Crippen molar-refractivity contribution in [1.29, 1.82) is 0 Å². The maximum Gasteiger partial charge on any atom is 0.300 e. The number of pyridine rings is 1. The number of carbonyl (C=O) groups is 3. The quantitative estimate of drug-likeness (QED) is 0.237. The lowest BCUT2D eigenvalue weighted by molar-refractivity contribution is -0.135. The summed E-state index contributed by atoms with van der Waals surface area (Å²) in [6.07, 6.45) is 6.54. The third-order valence-electron chi connectivity index (χ3n) is 5.84. The number of nitrogens with zero attached hydrogens (tertiary/aromatic N) is 5. The number of amides is 1. The maximum absolute atomic E-state index is 12.6. The average molecular weight is 565 g/mol. The van der Waals surface area contributed by atoms with Gasteiger partial charge in [0.1, 0.15) is 23.6 Å². The molecule has 1 saturated heterocycles. The number of fused-ring (bicyclic) bond motifs is 1. The molecule has 1 amide bonds. The topological polar surface area (TPSA) is 207 Å². The number of aromatic nitrogens is 5. The highest BCUT2D eigenvalue weighted by molar-refractivity contribution is 6.05. The van der Waals surface area contributed by atoms with Gasteiger partial charge in [0.2, 0.25) is 0 Å². The Balaban J connectivity index is 0.000000515. The SMILES string of the molecule is CC(=O)O.CC(=O)O.COc1cc(-c2nn(C3CCNCC3)c3ncnc(N)c23)ccc1NC(=O)c1ccncc1. The lowest BCUT2D eigenvalue weighted by atomic mass is 10.1. The lowest BCUT2D eigenvalue weighted by Crippen LogP contribution is -2.30. The van der Waals surface area contributed by atoms with Crippen molar-refractivity contribution in [2.24, 2.45) is 0 Å². The minimum Gasteiger partial charge on any atom is -0.495 e. The Labute approximate surface area is 235 Å². The van der Waals surface area contributed by atoms with E-state index in [-0.39, 0.29) is 11.9 Å². The first-order valence-electron chi connectivity index (χ1n) is 12.6. The van der Waals surface area contributed by atoms with E-state index in [1.165, 1.54) is 6.33 Å². The van der Waals surface area contributed by atoms with Gasteiger partial charge < -0.3 is 31.3 Å². The van der Waals surface area contributed by atoms with E-state index in [1.54, 1.807) is 37.7 Å². The van der Waals surface area contributed by atoms with Crippen LogP contribution in [-0.4, -0.2) is 73.0 Å². The highest BCUT2D eigenvalue weighted by Gasteiger charge is 2.24. The largest absolute Gasteiger partial charge is 0.495 e. The molecule has 6 N–H and O–H groups in total. The summed E-state index contributed by atoms with van der Waals surface area (Å²) in [4.78, 5) is 43.2. The molecule has 0 aliphatic carbocycles. The van der Waals surface area contributed by atoms with Gasteiger partial charge in [-0.05, 0) is 50.2 Å². The first kappa shape index (κ1) is 30.4. The van der Waals surface area contributed by atoms with E-state index >= 15 is 0 Å².